The monoisotopic (exact) mass is 398 g/mol. The van der Waals surface area contributed by atoms with Gasteiger partial charge in [0.1, 0.15) is 5.75 Å². The Morgan fingerprint density at radius 1 is 1.26 bits per heavy atom. The molecule has 0 saturated heterocycles. The van der Waals surface area contributed by atoms with Gasteiger partial charge in [-0.05, 0) is 48.0 Å². The number of hydrogen-bond acceptors (Lipinski definition) is 4. The van der Waals surface area contributed by atoms with Crippen LogP contribution in [-0.4, -0.2) is 40.7 Å². The Morgan fingerprint density at radius 3 is 2.48 bits per heavy atom. The van der Waals surface area contributed by atoms with Gasteiger partial charge in [-0.3, -0.25) is 4.79 Å². The van der Waals surface area contributed by atoms with Gasteiger partial charge < -0.3 is 9.84 Å². The van der Waals surface area contributed by atoms with E-state index in [1.807, 2.05) is 0 Å². The van der Waals surface area contributed by atoms with Gasteiger partial charge in [0.25, 0.3) is 11.6 Å². The molecule has 2 aromatic rings. The summed E-state index contributed by atoms with van der Waals surface area (Å²) in [7, 11) is 1.45. The molecule has 0 radical (unpaired) electrons. The van der Waals surface area contributed by atoms with Crippen LogP contribution in [0.3, 0.4) is 0 Å². The van der Waals surface area contributed by atoms with Crippen molar-refractivity contribution in [2.45, 2.75) is 18.3 Å². The first-order chi connectivity index (χ1) is 12.7. The molecule has 0 bridgehead atoms. The molecular weight excluding hydrogens is 385 g/mol. The van der Waals surface area contributed by atoms with E-state index in [0.29, 0.717) is 11.3 Å². The molecule has 2 aromatic carbocycles. The predicted molar refractivity (Wildman–Crippen MR) is 92.8 cm³/mol. The van der Waals surface area contributed by atoms with E-state index in [9.17, 15) is 23.1 Å². The molecule has 27 heavy (non-hydrogen) atoms. The first-order valence-corrected chi connectivity index (χ1v) is 8.14. The van der Waals surface area contributed by atoms with Gasteiger partial charge >= 0.3 is 6.18 Å². The molecule has 0 unspecified atom stereocenters. The van der Waals surface area contributed by atoms with Gasteiger partial charge in [-0.1, -0.05) is 17.7 Å². The van der Waals surface area contributed by atoms with Crippen LogP contribution >= 0.6 is 11.6 Å². The van der Waals surface area contributed by atoms with Crippen molar-refractivity contribution < 1.29 is 27.8 Å². The van der Waals surface area contributed by atoms with Crippen LogP contribution < -0.4 is 4.74 Å². The van der Waals surface area contributed by atoms with Crippen LogP contribution in [0.1, 0.15) is 22.3 Å². The quantitative estimate of drug-likeness (QED) is 0.854. The lowest BCUT2D eigenvalue weighted by Crippen LogP contribution is -2.56. The highest BCUT2D eigenvalue weighted by Gasteiger charge is 2.63. The number of benzene rings is 2. The average molecular weight is 399 g/mol. The van der Waals surface area contributed by atoms with Crippen molar-refractivity contribution in [2.75, 3.05) is 7.11 Å². The van der Waals surface area contributed by atoms with E-state index in [4.69, 9.17) is 16.3 Å². The van der Waals surface area contributed by atoms with Crippen LogP contribution in [0.5, 0.6) is 5.75 Å². The first-order valence-electron chi connectivity index (χ1n) is 7.77. The Morgan fingerprint density at radius 2 is 1.93 bits per heavy atom. The fourth-order valence-corrected chi connectivity index (χ4v) is 2.86. The largest absolute Gasteiger partial charge is 0.497 e. The Bertz CT molecular complexity index is 899. The van der Waals surface area contributed by atoms with E-state index in [0.717, 1.165) is 0 Å². The molecule has 0 fully saturated rings. The second-order valence-corrected chi connectivity index (χ2v) is 6.33. The molecule has 1 aliphatic rings. The fraction of sp³-hybridized carbons (Fsp3) is 0.222. The molecule has 0 aromatic heterocycles. The first kappa shape index (κ1) is 19.2. The minimum atomic E-state index is -5.11. The summed E-state index contributed by atoms with van der Waals surface area (Å²) in [4.78, 5) is 12.6. The third-order valence-electron chi connectivity index (χ3n) is 4.13. The standard InChI is InChI=1S/C18H14ClF3N2O3/c1-27-14-7-5-11(6-8-14)15-10-17(26,18(20,21)22)24(23-15)16(25)12-3-2-4-13(19)9-12/h2-9,26H,10H2,1H3/t17-/m0/s1. The Kier molecular flexibility index (Phi) is 4.88. The van der Waals surface area contributed by atoms with Crippen LogP contribution in [-0.2, 0) is 0 Å². The number of hydrogen-bond donors (Lipinski definition) is 1. The zero-order valence-electron chi connectivity index (χ0n) is 14.0. The number of ether oxygens (including phenoxy) is 1. The fourth-order valence-electron chi connectivity index (χ4n) is 2.67. The third-order valence-corrected chi connectivity index (χ3v) is 4.36. The van der Waals surface area contributed by atoms with Crippen LogP contribution in [0.4, 0.5) is 13.2 Å². The summed E-state index contributed by atoms with van der Waals surface area (Å²) >= 11 is 5.81. The zero-order valence-corrected chi connectivity index (χ0v) is 14.8. The number of aliphatic hydroxyl groups is 1. The van der Waals surface area contributed by atoms with Gasteiger partial charge in [0.15, 0.2) is 0 Å². The van der Waals surface area contributed by atoms with Crippen molar-refractivity contribution in [3.05, 3.63) is 64.7 Å². The molecule has 1 N–H and O–H groups in total. The van der Waals surface area contributed by atoms with E-state index >= 15 is 0 Å². The number of carbonyl (C=O) groups is 1. The Hall–Kier alpha value is -2.58. The highest BCUT2D eigenvalue weighted by Crippen LogP contribution is 2.42. The van der Waals surface area contributed by atoms with E-state index in [1.54, 1.807) is 12.1 Å². The van der Waals surface area contributed by atoms with Gasteiger partial charge in [0.05, 0.1) is 19.2 Å². The molecule has 1 heterocycles. The Balaban J connectivity index is 2.03. The van der Waals surface area contributed by atoms with Gasteiger partial charge in [-0.2, -0.15) is 23.3 Å². The number of halogens is 4. The van der Waals surface area contributed by atoms with Gasteiger partial charge in [0, 0.05) is 10.6 Å². The SMILES string of the molecule is COc1ccc(C2=NN(C(=O)c3cccc(Cl)c3)[C@@](O)(C(F)(F)F)C2)cc1. The third kappa shape index (κ3) is 3.50. The molecule has 5 nitrogen and oxygen atoms in total. The molecule has 1 aliphatic heterocycles. The van der Waals surface area contributed by atoms with Crippen LogP contribution in [0.25, 0.3) is 0 Å². The predicted octanol–water partition coefficient (Wildman–Crippen LogP) is 3.85. The van der Waals surface area contributed by atoms with Crippen LogP contribution in [0, 0.1) is 0 Å². The number of amides is 1. The Labute approximate surface area is 157 Å². The number of alkyl halides is 3. The molecular formula is C18H14ClF3N2O3. The van der Waals surface area contributed by atoms with Crippen LogP contribution in [0.2, 0.25) is 5.02 Å². The van der Waals surface area contributed by atoms with Gasteiger partial charge in [0.2, 0.25) is 0 Å². The van der Waals surface area contributed by atoms with Crippen molar-refractivity contribution in [1.82, 2.24) is 5.01 Å². The number of methoxy groups -OCH3 is 1. The summed E-state index contributed by atoms with van der Waals surface area (Å²) in [5.74, 6) is -0.601. The number of rotatable bonds is 3. The lowest BCUT2D eigenvalue weighted by Gasteiger charge is -2.32. The summed E-state index contributed by atoms with van der Waals surface area (Å²) < 4.78 is 45.8. The molecule has 0 aliphatic carbocycles. The lowest BCUT2D eigenvalue weighted by atomic mass is 10.0. The summed E-state index contributed by atoms with van der Waals surface area (Å²) in [6.07, 6.45) is -6.01. The zero-order chi connectivity index (χ0) is 19.8. The lowest BCUT2D eigenvalue weighted by molar-refractivity contribution is -0.297. The van der Waals surface area contributed by atoms with E-state index in [1.165, 1.54) is 43.5 Å². The molecule has 1 amide bonds. The van der Waals surface area contributed by atoms with E-state index in [2.05, 4.69) is 5.10 Å². The van der Waals surface area contributed by atoms with E-state index < -0.39 is 24.2 Å². The van der Waals surface area contributed by atoms with Gasteiger partial charge in [-0.25, -0.2) is 0 Å². The maximum absolute atomic E-state index is 13.6. The normalized spacial score (nSPS) is 19.8. The van der Waals surface area contributed by atoms with Crippen LogP contribution in [0.15, 0.2) is 53.6 Å². The second-order valence-electron chi connectivity index (χ2n) is 5.89. The van der Waals surface area contributed by atoms with E-state index in [-0.39, 0.29) is 21.3 Å². The summed E-state index contributed by atoms with van der Waals surface area (Å²) in [6.45, 7) is 0. The highest BCUT2D eigenvalue weighted by molar-refractivity contribution is 6.31. The number of carbonyl (C=O) groups excluding carboxylic acids is 1. The smallest absolute Gasteiger partial charge is 0.438 e. The molecule has 1 atom stereocenters. The minimum absolute atomic E-state index is 0.0677. The number of hydrazone groups is 1. The second kappa shape index (κ2) is 6.86. The molecule has 142 valence electrons. The maximum atomic E-state index is 13.6. The van der Waals surface area contributed by atoms with Crippen molar-refractivity contribution >= 4 is 23.2 Å². The highest BCUT2D eigenvalue weighted by atomic mass is 35.5. The maximum Gasteiger partial charge on any atom is 0.438 e. The molecule has 3 rings (SSSR count). The summed E-state index contributed by atoms with van der Waals surface area (Å²) in [5.41, 5.74) is -3.32. The average Bonchev–Trinajstić information content (AvgIpc) is 3.00. The number of nitrogens with zero attached hydrogens (tertiary/aromatic N) is 2. The molecule has 0 saturated carbocycles. The van der Waals surface area contributed by atoms with Crippen molar-refractivity contribution in [2.24, 2.45) is 5.10 Å². The van der Waals surface area contributed by atoms with Crippen molar-refractivity contribution in [3.63, 3.8) is 0 Å². The van der Waals surface area contributed by atoms with Crippen molar-refractivity contribution in [1.29, 1.82) is 0 Å². The van der Waals surface area contributed by atoms with Crippen molar-refractivity contribution in [3.8, 4) is 5.75 Å². The molecule has 9 heteroatoms. The minimum Gasteiger partial charge on any atom is -0.497 e. The summed E-state index contributed by atoms with van der Waals surface area (Å²) in [5, 5.41) is 14.4. The molecule has 0 spiro atoms. The van der Waals surface area contributed by atoms with Gasteiger partial charge in [-0.15, -0.1) is 0 Å². The summed E-state index contributed by atoms with van der Waals surface area (Å²) in [6, 6.07) is 11.5. The topological polar surface area (TPSA) is 62.1 Å².